The molecule has 0 bridgehead atoms. The zero-order chi connectivity index (χ0) is 17.5. The van der Waals surface area contributed by atoms with Crippen molar-refractivity contribution in [2.24, 2.45) is 0 Å². The van der Waals surface area contributed by atoms with E-state index in [1.165, 1.54) is 0 Å². The molecule has 0 radical (unpaired) electrons. The van der Waals surface area contributed by atoms with Crippen LogP contribution in [0.5, 0.6) is 0 Å². The first-order valence-corrected chi connectivity index (χ1v) is 7.95. The number of rotatable bonds is 5. The monoisotopic (exact) mass is 325 g/mol. The second-order valence-electron chi connectivity index (χ2n) is 6.00. The van der Waals surface area contributed by atoms with Crippen LogP contribution in [0.15, 0.2) is 48.5 Å². The van der Waals surface area contributed by atoms with Gasteiger partial charge in [0, 0.05) is 23.8 Å². The number of nitrogens with one attached hydrogen (secondary N) is 3. The number of hydrogen-bond acceptors (Lipinski definition) is 2. The van der Waals surface area contributed by atoms with Gasteiger partial charge in [-0.05, 0) is 56.2 Å². The van der Waals surface area contributed by atoms with E-state index >= 15 is 0 Å². The van der Waals surface area contributed by atoms with Crippen LogP contribution in [-0.4, -0.2) is 18.0 Å². The summed E-state index contributed by atoms with van der Waals surface area (Å²) in [7, 11) is 0. The highest BCUT2D eigenvalue weighted by Crippen LogP contribution is 2.12. The smallest absolute Gasteiger partial charge is 0.315 e. The van der Waals surface area contributed by atoms with Gasteiger partial charge in [-0.1, -0.05) is 24.3 Å². The Hall–Kier alpha value is -2.82. The lowest BCUT2D eigenvalue weighted by Crippen LogP contribution is -2.39. The highest BCUT2D eigenvalue weighted by molar-refractivity contribution is 6.04. The molecular formula is C19H23N3O2. The topological polar surface area (TPSA) is 70.2 Å². The first kappa shape index (κ1) is 17.5. The Labute approximate surface area is 142 Å². The van der Waals surface area contributed by atoms with Crippen molar-refractivity contribution in [3.63, 3.8) is 0 Å². The highest BCUT2D eigenvalue weighted by atomic mass is 16.2. The largest absolute Gasteiger partial charge is 0.336 e. The van der Waals surface area contributed by atoms with E-state index in [0.29, 0.717) is 12.1 Å². The lowest BCUT2D eigenvalue weighted by Gasteiger charge is -2.10. The zero-order valence-corrected chi connectivity index (χ0v) is 14.2. The van der Waals surface area contributed by atoms with Gasteiger partial charge in [-0.25, -0.2) is 4.79 Å². The molecule has 3 amide bonds. The van der Waals surface area contributed by atoms with Crippen molar-refractivity contribution in [3.05, 3.63) is 65.2 Å². The summed E-state index contributed by atoms with van der Waals surface area (Å²) in [6.07, 6.45) is 0. The van der Waals surface area contributed by atoms with Crippen molar-refractivity contribution in [3.8, 4) is 0 Å². The summed E-state index contributed by atoms with van der Waals surface area (Å²) >= 11 is 0. The first-order chi connectivity index (χ1) is 11.4. The van der Waals surface area contributed by atoms with E-state index in [0.717, 1.165) is 16.8 Å². The van der Waals surface area contributed by atoms with Crippen molar-refractivity contribution in [2.45, 2.75) is 33.4 Å². The number of anilines is 1. The Morgan fingerprint density at radius 2 is 1.75 bits per heavy atom. The molecule has 5 nitrogen and oxygen atoms in total. The maximum absolute atomic E-state index is 12.2. The van der Waals surface area contributed by atoms with Crippen LogP contribution in [-0.2, 0) is 6.54 Å². The summed E-state index contributed by atoms with van der Waals surface area (Å²) in [6.45, 7) is 6.20. The zero-order valence-electron chi connectivity index (χ0n) is 14.2. The molecule has 0 aliphatic heterocycles. The molecule has 0 atom stereocenters. The Balaban J connectivity index is 1.91. The summed E-state index contributed by atoms with van der Waals surface area (Å²) in [5, 5.41) is 8.41. The maximum atomic E-state index is 12.2. The van der Waals surface area contributed by atoms with Gasteiger partial charge in [0.05, 0.1) is 0 Å². The first-order valence-electron chi connectivity index (χ1n) is 7.95. The maximum Gasteiger partial charge on any atom is 0.315 e. The molecule has 24 heavy (non-hydrogen) atoms. The van der Waals surface area contributed by atoms with E-state index in [1.54, 1.807) is 12.1 Å². The number of hydrogen-bond donors (Lipinski definition) is 3. The van der Waals surface area contributed by atoms with E-state index in [1.807, 2.05) is 57.2 Å². The third-order valence-electron chi connectivity index (χ3n) is 3.36. The van der Waals surface area contributed by atoms with Gasteiger partial charge in [-0.2, -0.15) is 0 Å². The van der Waals surface area contributed by atoms with E-state index < -0.39 is 0 Å². The van der Waals surface area contributed by atoms with E-state index in [-0.39, 0.29) is 18.0 Å². The molecule has 2 aromatic rings. The number of benzene rings is 2. The molecule has 2 rings (SSSR count). The highest BCUT2D eigenvalue weighted by Gasteiger charge is 2.07. The predicted molar refractivity (Wildman–Crippen MR) is 96.1 cm³/mol. The lowest BCUT2D eigenvalue weighted by atomic mass is 10.1. The van der Waals surface area contributed by atoms with Gasteiger partial charge >= 0.3 is 6.03 Å². The summed E-state index contributed by atoms with van der Waals surface area (Å²) in [5.74, 6) is -0.155. The summed E-state index contributed by atoms with van der Waals surface area (Å²) in [4.78, 5) is 23.8. The van der Waals surface area contributed by atoms with Crippen LogP contribution < -0.4 is 16.0 Å². The lowest BCUT2D eigenvalue weighted by molar-refractivity contribution is 0.102. The quantitative estimate of drug-likeness (QED) is 0.788. The van der Waals surface area contributed by atoms with Crippen LogP contribution in [0.3, 0.4) is 0 Å². The molecule has 0 heterocycles. The standard InChI is InChI=1S/C19H23N3O2/c1-13(2)21-19(24)20-12-15-7-9-16(10-8-15)18(23)22-17-6-4-5-14(3)11-17/h4-11,13H,12H2,1-3H3,(H,22,23)(H2,20,21,24). The third kappa shape index (κ3) is 5.43. The average Bonchev–Trinajstić information content (AvgIpc) is 2.53. The van der Waals surface area contributed by atoms with Crippen molar-refractivity contribution in [1.29, 1.82) is 0 Å². The molecule has 3 N–H and O–H groups in total. The molecule has 0 saturated carbocycles. The van der Waals surface area contributed by atoms with Crippen molar-refractivity contribution < 1.29 is 9.59 Å². The fourth-order valence-corrected chi connectivity index (χ4v) is 2.20. The Morgan fingerprint density at radius 3 is 2.38 bits per heavy atom. The van der Waals surface area contributed by atoms with E-state index in [4.69, 9.17) is 0 Å². The predicted octanol–water partition coefficient (Wildman–Crippen LogP) is 3.45. The second kappa shape index (κ2) is 8.15. The molecule has 0 fully saturated rings. The van der Waals surface area contributed by atoms with Gasteiger partial charge in [0.1, 0.15) is 0 Å². The summed E-state index contributed by atoms with van der Waals surface area (Å²) in [6, 6.07) is 14.7. The van der Waals surface area contributed by atoms with Crippen LogP contribution in [0.2, 0.25) is 0 Å². The number of carbonyl (C=O) groups is 2. The molecule has 126 valence electrons. The molecular weight excluding hydrogens is 302 g/mol. The van der Waals surface area contributed by atoms with E-state index in [2.05, 4.69) is 16.0 Å². The van der Waals surface area contributed by atoms with E-state index in [9.17, 15) is 9.59 Å². The SMILES string of the molecule is Cc1cccc(NC(=O)c2ccc(CNC(=O)NC(C)C)cc2)c1. The third-order valence-corrected chi connectivity index (χ3v) is 3.36. The van der Waals surface area contributed by atoms with Crippen LogP contribution in [0.1, 0.15) is 35.3 Å². The minimum absolute atomic E-state index is 0.0951. The van der Waals surface area contributed by atoms with Crippen LogP contribution in [0.25, 0.3) is 0 Å². The van der Waals surface area contributed by atoms with Crippen molar-refractivity contribution in [1.82, 2.24) is 10.6 Å². The van der Waals surface area contributed by atoms with Gasteiger partial charge in [-0.15, -0.1) is 0 Å². The fraction of sp³-hybridized carbons (Fsp3) is 0.263. The molecule has 5 heteroatoms. The Bertz CT molecular complexity index is 709. The molecule has 0 saturated heterocycles. The summed E-state index contributed by atoms with van der Waals surface area (Å²) in [5.41, 5.74) is 3.37. The van der Waals surface area contributed by atoms with Gasteiger partial charge in [0.2, 0.25) is 0 Å². The second-order valence-corrected chi connectivity index (χ2v) is 6.00. The number of amides is 3. The van der Waals surface area contributed by atoms with Gasteiger partial charge in [0.25, 0.3) is 5.91 Å². The number of urea groups is 1. The summed E-state index contributed by atoms with van der Waals surface area (Å²) < 4.78 is 0. The molecule has 2 aromatic carbocycles. The Kier molecular flexibility index (Phi) is 5.95. The van der Waals surface area contributed by atoms with Gasteiger partial charge in [0.15, 0.2) is 0 Å². The molecule has 0 aromatic heterocycles. The Morgan fingerprint density at radius 1 is 1.04 bits per heavy atom. The van der Waals surface area contributed by atoms with Gasteiger partial charge in [-0.3, -0.25) is 4.79 Å². The van der Waals surface area contributed by atoms with Crippen LogP contribution in [0.4, 0.5) is 10.5 Å². The molecule has 0 aliphatic rings. The molecule has 0 unspecified atom stereocenters. The number of carbonyl (C=O) groups excluding carboxylic acids is 2. The minimum Gasteiger partial charge on any atom is -0.336 e. The molecule has 0 aliphatic carbocycles. The van der Waals surface area contributed by atoms with Crippen LogP contribution in [0, 0.1) is 6.92 Å². The fourth-order valence-electron chi connectivity index (χ4n) is 2.20. The molecule has 0 spiro atoms. The minimum atomic E-state index is -0.203. The number of aryl methyl sites for hydroxylation is 1. The van der Waals surface area contributed by atoms with Gasteiger partial charge < -0.3 is 16.0 Å². The van der Waals surface area contributed by atoms with Crippen molar-refractivity contribution >= 4 is 17.6 Å². The average molecular weight is 325 g/mol. The normalized spacial score (nSPS) is 10.3. The van der Waals surface area contributed by atoms with Crippen molar-refractivity contribution in [2.75, 3.05) is 5.32 Å². The van der Waals surface area contributed by atoms with Crippen LogP contribution >= 0.6 is 0 Å².